The van der Waals surface area contributed by atoms with Crippen LogP contribution in [-0.2, 0) is 6.42 Å². The lowest BCUT2D eigenvalue weighted by Crippen LogP contribution is -2.29. The number of hydrogen-bond acceptors (Lipinski definition) is 2. The van der Waals surface area contributed by atoms with E-state index in [2.05, 4.69) is 37.5 Å². The SMILES string of the molecule is Cc1cc(C)cc(CC(NN)c2cc(Cl)cc(Cl)c2)c1. The van der Waals surface area contributed by atoms with Gasteiger partial charge in [-0.1, -0.05) is 52.5 Å². The molecule has 2 aromatic rings. The Morgan fingerprint density at radius 2 is 1.50 bits per heavy atom. The molecule has 0 saturated heterocycles. The topological polar surface area (TPSA) is 38.0 Å². The summed E-state index contributed by atoms with van der Waals surface area (Å²) in [4.78, 5) is 0. The highest BCUT2D eigenvalue weighted by Crippen LogP contribution is 2.26. The molecule has 0 aliphatic carbocycles. The Balaban J connectivity index is 2.28. The number of benzene rings is 2. The Hall–Kier alpha value is -1.06. The van der Waals surface area contributed by atoms with Crippen molar-refractivity contribution in [3.05, 3.63) is 68.7 Å². The van der Waals surface area contributed by atoms with Crippen LogP contribution in [0.1, 0.15) is 28.3 Å². The molecule has 0 aromatic heterocycles. The van der Waals surface area contributed by atoms with Crippen LogP contribution in [0.15, 0.2) is 36.4 Å². The van der Waals surface area contributed by atoms with Gasteiger partial charge in [-0.25, -0.2) is 0 Å². The van der Waals surface area contributed by atoms with Gasteiger partial charge in [0.05, 0.1) is 6.04 Å². The maximum Gasteiger partial charge on any atom is 0.0501 e. The predicted octanol–water partition coefficient (Wildman–Crippen LogP) is 4.36. The first-order valence-electron chi connectivity index (χ1n) is 6.47. The van der Waals surface area contributed by atoms with Crippen LogP contribution < -0.4 is 11.3 Å². The van der Waals surface area contributed by atoms with Gasteiger partial charge in [0, 0.05) is 10.0 Å². The van der Waals surface area contributed by atoms with Gasteiger partial charge in [0.1, 0.15) is 0 Å². The van der Waals surface area contributed by atoms with E-state index in [9.17, 15) is 0 Å². The number of hydrazine groups is 1. The van der Waals surface area contributed by atoms with Crippen molar-refractivity contribution >= 4 is 23.2 Å². The molecule has 106 valence electrons. The minimum Gasteiger partial charge on any atom is -0.271 e. The molecule has 2 rings (SSSR count). The molecule has 3 N–H and O–H groups in total. The van der Waals surface area contributed by atoms with E-state index in [1.54, 1.807) is 6.07 Å². The number of nitrogens with two attached hydrogens (primary N) is 1. The molecule has 0 heterocycles. The maximum absolute atomic E-state index is 6.05. The van der Waals surface area contributed by atoms with Crippen molar-refractivity contribution in [3.63, 3.8) is 0 Å². The van der Waals surface area contributed by atoms with Gasteiger partial charge in [0.2, 0.25) is 0 Å². The average molecular weight is 309 g/mol. The summed E-state index contributed by atoms with van der Waals surface area (Å²) in [6.07, 6.45) is 0.787. The van der Waals surface area contributed by atoms with E-state index in [4.69, 9.17) is 29.0 Å². The first-order chi connectivity index (χ1) is 9.47. The molecule has 0 bridgehead atoms. The largest absolute Gasteiger partial charge is 0.271 e. The van der Waals surface area contributed by atoms with Crippen LogP contribution in [0.25, 0.3) is 0 Å². The summed E-state index contributed by atoms with van der Waals surface area (Å²) in [5.74, 6) is 5.69. The van der Waals surface area contributed by atoms with Crippen molar-refractivity contribution < 1.29 is 0 Å². The van der Waals surface area contributed by atoms with Gasteiger partial charge in [0.25, 0.3) is 0 Å². The summed E-state index contributed by atoms with van der Waals surface area (Å²) in [6, 6.07) is 12.0. The molecule has 2 aromatic carbocycles. The van der Waals surface area contributed by atoms with Crippen LogP contribution in [0, 0.1) is 13.8 Å². The highest BCUT2D eigenvalue weighted by molar-refractivity contribution is 6.34. The predicted molar refractivity (Wildman–Crippen MR) is 86.1 cm³/mol. The summed E-state index contributed by atoms with van der Waals surface area (Å²) in [5.41, 5.74) is 7.57. The summed E-state index contributed by atoms with van der Waals surface area (Å²) >= 11 is 12.1. The molecular formula is C16H18Cl2N2. The highest BCUT2D eigenvalue weighted by atomic mass is 35.5. The summed E-state index contributed by atoms with van der Waals surface area (Å²) < 4.78 is 0. The molecule has 1 unspecified atom stereocenters. The highest BCUT2D eigenvalue weighted by Gasteiger charge is 2.12. The van der Waals surface area contributed by atoms with Crippen LogP contribution in [0.4, 0.5) is 0 Å². The van der Waals surface area contributed by atoms with Crippen molar-refractivity contribution in [3.8, 4) is 0 Å². The number of nitrogens with one attached hydrogen (secondary N) is 1. The molecule has 0 spiro atoms. The number of hydrogen-bond donors (Lipinski definition) is 2. The Kier molecular flexibility index (Phi) is 5.06. The van der Waals surface area contributed by atoms with Gasteiger partial charge in [-0.15, -0.1) is 0 Å². The number of rotatable bonds is 4. The van der Waals surface area contributed by atoms with Crippen molar-refractivity contribution in [2.45, 2.75) is 26.3 Å². The fourth-order valence-corrected chi connectivity index (χ4v) is 3.01. The molecule has 4 heteroatoms. The van der Waals surface area contributed by atoms with Crippen LogP contribution in [0.3, 0.4) is 0 Å². The van der Waals surface area contributed by atoms with E-state index in [1.165, 1.54) is 16.7 Å². The lowest BCUT2D eigenvalue weighted by molar-refractivity contribution is 0.552. The van der Waals surface area contributed by atoms with Crippen molar-refractivity contribution in [2.75, 3.05) is 0 Å². The van der Waals surface area contributed by atoms with Crippen molar-refractivity contribution in [1.29, 1.82) is 0 Å². The van der Waals surface area contributed by atoms with Crippen LogP contribution in [-0.4, -0.2) is 0 Å². The summed E-state index contributed by atoms with van der Waals surface area (Å²) in [5, 5.41) is 1.24. The van der Waals surface area contributed by atoms with E-state index in [0.29, 0.717) is 10.0 Å². The monoisotopic (exact) mass is 308 g/mol. The average Bonchev–Trinajstić information content (AvgIpc) is 2.33. The molecule has 0 fully saturated rings. The Morgan fingerprint density at radius 1 is 0.950 bits per heavy atom. The minimum absolute atomic E-state index is 0.0209. The minimum atomic E-state index is -0.0209. The lowest BCUT2D eigenvalue weighted by atomic mass is 9.97. The van der Waals surface area contributed by atoms with Gasteiger partial charge in [-0.2, -0.15) is 0 Å². The molecule has 1 atom stereocenters. The van der Waals surface area contributed by atoms with Crippen molar-refractivity contribution in [2.24, 2.45) is 5.84 Å². The standard InChI is InChI=1S/C16H18Cl2N2/c1-10-3-11(2)5-12(4-10)6-16(20-19)13-7-14(17)9-15(18)8-13/h3-5,7-9,16,20H,6,19H2,1-2H3. The van der Waals surface area contributed by atoms with Crippen molar-refractivity contribution in [1.82, 2.24) is 5.43 Å². The van der Waals surface area contributed by atoms with Gasteiger partial charge in [-0.3, -0.25) is 11.3 Å². The summed E-state index contributed by atoms with van der Waals surface area (Å²) in [7, 11) is 0. The number of halogens is 2. The quantitative estimate of drug-likeness (QED) is 0.650. The molecule has 2 nitrogen and oxygen atoms in total. The van der Waals surface area contributed by atoms with Gasteiger partial charge < -0.3 is 0 Å². The fraction of sp³-hybridized carbons (Fsp3) is 0.250. The fourth-order valence-electron chi connectivity index (χ4n) is 2.47. The molecule has 20 heavy (non-hydrogen) atoms. The Morgan fingerprint density at radius 3 is 2.00 bits per heavy atom. The molecular weight excluding hydrogens is 291 g/mol. The zero-order valence-electron chi connectivity index (χ0n) is 11.6. The molecule has 0 aliphatic heterocycles. The smallest absolute Gasteiger partial charge is 0.0501 e. The Labute approximate surface area is 129 Å². The third-order valence-electron chi connectivity index (χ3n) is 3.21. The third-order valence-corrected chi connectivity index (χ3v) is 3.65. The summed E-state index contributed by atoms with van der Waals surface area (Å²) in [6.45, 7) is 4.19. The van der Waals surface area contributed by atoms with Gasteiger partial charge >= 0.3 is 0 Å². The lowest BCUT2D eigenvalue weighted by Gasteiger charge is -2.18. The zero-order valence-corrected chi connectivity index (χ0v) is 13.1. The second-order valence-corrected chi connectivity index (χ2v) is 5.99. The normalized spacial score (nSPS) is 12.4. The number of aryl methyl sites for hydroxylation is 2. The van der Waals surface area contributed by atoms with E-state index in [1.807, 2.05) is 12.1 Å². The van der Waals surface area contributed by atoms with E-state index in [-0.39, 0.29) is 6.04 Å². The Bertz CT molecular complexity index is 571. The maximum atomic E-state index is 6.05. The molecule has 0 saturated carbocycles. The van der Waals surface area contributed by atoms with Gasteiger partial charge in [-0.05, 0) is 49.6 Å². The molecule has 0 aliphatic rings. The van der Waals surface area contributed by atoms with E-state index in [0.717, 1.165) is 12.0 Å². The van der Waals surface area contributed by atoms with Gasteiger partial charge in [0.15, 0.2) is 0 Å². The third kappa shape index (κ3) is 3.97. The van der Waals surface area contributed by atoms with Crippen LogP contribution in [0.5, 0.6) is 0 Å². The first kappa shape index (κ1) is 15.3. The second kappa shape index (κ2) is 6.59. The molecule has 0 radical (unpaired) electrons. The first-order valence-corrected chi connectivity index (χ1v) is 7.23. The van der Waals surface area contributed by atoms with E-state index >= 15 is 0 Å². The zero-order chi connectivity index (χ0) is 14.7. The molecule has 0 amide bonds. The second-order valence-electron chi connectivity index (χ2n) is 5.12. The van der Waals surface area contributed by atoms with E-state index < -0.39 is 0 Å². The van der Waals surface area contributed by atoms with Crippen LogP contribution >= 0.6 is 23.2 Å². The van der Waals surface area contributed by atoms with Crippen LogP contribution in [0.2, 0.25) is 10.0 Å².